The van der Waals surface area contributed by atoms with Crippen molar-refractivity contribution in [2.24, 2.45) is 0 Å². The topological polar surface area (TPSA) is 89.8 Å². The van der Waals surface area contributed by atoms with Crippen LogP contribution in [-0.2, 0) is 11.2 Å². The molecule has 7 heteroatoms. The monoisotopic (exact) mass is 397 g/mol. The van der Waals surface area contributed by atoms with Crippen molar-refractivity contribution in [2.45, 2.75) is 13.3 Å². The van der Waals surface area contributed by atoms with Crippen molar-refractivity contribution >= 4 is 22.8 Å². The number of nitrogens with zero attached hydrogens (tertiary/aromatic N) is 4. The van der Waals surface area contributed by atoms with E-state index in [2.05, 4.69) is 26.8 Å². The molecule has 0 bridgehead atoms. The van der Waals surface area contributed by atoms with Gasteiger partial charge in [0, 0.05) is 12.1 Å². The van der Waals surface area contributed by atoms with Crippen LogP contribution in [-0.4, -0.2) is 25.4 Å². The molecule has 0 radical (unpaired) electrons. The maximum absolute atomic E-state index is 12.6. The van der Waals surface area contributed by atoms with E-state index in [9.17, 15) is 9.59 Å². The Morgan fingerprint density at radius 2 is 1.80 bits per heavy atom. The molecule has 0 aliphatic rings. The number of nitrogens with one attached hydrogen (secondary N) is 1. The molecule has 7 nitrogen and oxygen atoms in total. The number of aromatic nitrogens is 4. The number of hydrogen-bond acceptors (Lipinski definition) is 5. The fraction of sp³-hybridized carbons (Fsp3) is 0.0870. The predicted molar refractivity (Wildman–Crippen MR) is 116 cm³/mol. The predicted octanol–water partition coefficient (Wildman–Crippen LogP) is 3.20. The van der Waals surface area contributed by atoms with Gasteiger partial charge in [-0.2, -0.15) is 0 Å². The van der Waals surface area contributed by atoms with E-state index >= 15 is 0 Å². The van der Waals surface area contributed by atoms with Gasteiger partial charge in [-0.3, -0.25) is 14.2 Å². The van der Waals surface area contributed by atoms with Crippen molar-refractivity contribution in [1.29, 1.82) is 0 Å². The second-order valence-corrected chi connectivity index (χ2v) is 6.83. The molecule has 2 aromatic carbocycles. The van der Waals surface area contributed by atoms with Gasteiger partial charge in [-0.1, -0.05) is 36.4 Å². The lowest BCUT2D eigenvalue weighted by atomic mass is 10.1. The van der Waals surface area contributed by atoms with Crippen LogP contribution in [0.4, 0.5) is 5.69 Å². The highest BCUT2D eigenvalue weighted by Gasteiger charge is 2.11. The summed E-state index contributed by atoms with van der Waals surface area (Å²) >= 11 is 0. The number of hydrogen-bond donors (Lipinski definition) is 1. The quantitative estimate of drug-likeness (QED) is 0.523. The Morgan fingerprint density at radius 1 is 1.07 bits per heavy atom. The molecule has 0 aliphatic carbocycles. The SMILES string of the molecule is C=CC(=O)Nc1ccc(-n2c(=O)cnc3cnc(Cc4ccc(C)cc4)nc32)cc1. The largest absolute Gasteiger partial charge is 0.323 e. The molecule has 148 valence electrons. The molecule has 0 saturated heterocycles. The van der Waals surface area contributed by atoms with Crippen molar-refractivity contribution in [2.75, 3.05) is 5.32 Å². The first-order chi connectivity index (χ1) is 14.5. The van der Waals surface area contributed by atoms with Gasteiger partial charge in [-0.15, -0.1) is 0 Å². The molecule has 2 heterocycles. The third-order valence-corrected chi connectivity index (χ3v) is 4.61. The first-order valence-electron chi connectivity index (χ1n) is 9.36. The van der Waals surface area contributed by atoms with E-state index in [-0.39, 0.29) is 11.5 Å². The van der Waals surface area contributed by atoms with Crippen molar-refractivity contribution in [3.8, 4) is 5.69 Å². The molecule has 0 aliphatic heterocycles. The first-order valence-corrected chi connectivity index (χ1v) is 9.36. The Balaban J connectivity index is 1.74. The standard InChI is InChI=1S/C23H19N5O2/c1-3-21(29)26-17-8-10-18(11-9-17)28-22(30)14-24-19-13-25-20(27-23(19)28)12-16-6-4-15(2)5-7-16/h3-11,13-14H,1,12H2,2H3,(H,26,29). The Bertz CT molecular complexity index is 1290. The molecule has 0 saturated carbocycles. The van der Waals surface area contributed by atoms with Gasteiger partial charge in [-0.05, 0) is 42.8 Å². The number of carbonyl (C=O) groups excluding carboxylic acids is 1. The Kier molecular flexibility index (Phi) is 5.17. The lowest BCUT2D eigenvalue weighted by Crippen LogP contribution is -2.20. The molecule has 30 heavy (non-hydrogen) atoms. The molecule has 0 spiro atoms. The molecule has 1 amide bonds. The van der Waals surface area contributed by atoms with E-state index in [1.165, 1.54) is 22.4 Å². The van der Waals surface area contributed by atoms with Crippen LogP contribution >= 0.6 is 0 Å². The molecule has 4 aromatic rings. The summed E-state index contributed by atoms with van der Waals surface area (Å²) in [5.74, 6) is 0.296. The Hall–Kier alpha value is -4.13. The van der Waals surface area contributed by atoms with Crippen LogP contribution in [0.2, 0.25) is 0 Å². The number of aryl methyl sites for hydroxylation is 1. The molecule has 1 N–H and O–H groups in total. The van der Waals surface area contributed by atoms with E-state index in [4.69, 9.17) is 0 Å². The van der Waals surface area contributed by atoms with Crippen molar-refractivity contribution in [3.63, 3.8) is 0 Å². The van der Waals surface area contributed by atoms with Crippen molar-refractivity contribution in [3.05, 3.63) is 101 Å². The zero-order valence-corrected chi connectivity index (χ0v) is 16.4. The van der Waals surface area contributed by atoms with Crippen LogP contribution in [0.15, 0.2) is 78.4 Å². The minimum Gasteiger partial charge on any atom is -0.323 e. The number of amides is 1. The zero-order chi connectivity index (χ0) is 21.1. The van der Waals surface area contributed by atoms with Gasteiger partial charge in [0.25, 0.3) is 5.56 Å². The normalized spacial score (nSPS) is 10.7. The van der Waals surface area contributed by atoms with Crippen LogP contribution in [0.3, 0.4) is 0 Å². The summed E-state index contributed by atoms with van der Waals surface area (Å²) in [5.41, 5.74) is 4.14. The van der Waals surface area contributed by atoms with Crippen molar-refractivity contribution < 1.29 is 4.79 Å². The van der Waals surface area contributed by atoms with E-state index < -0.39 is 0 Å². The van der Waals surface area contributed by atoms with E-state index in [0.717, 1.165) is 5.56 Å². The number of benzene rings is 2. The van der Waals surface area contributed by atoms with Crippen LogP contribution in [0.25, 0.3) is 16.9 Å². The third-order valence-electron chi connectivity index (χ3n) is 4.61. The van der Waals surface area contributed by atoms with Gasteiger partial charge in [0.1, 0.15) is 11.3 Å². The highest BCUT2D eigenvalue weighted by Crippen LogP contribution is 2.17. The van der Waals surface area contributed by atoms with Gasteiger partial charge >= 0.3 is 0 Å². The summed E-state index contributed by atoms with van der Waals surface area (Å²) in [6.07, 6.45) is 4.62. The zero-order valence-electron chi connectivity index (χ0n) is 16.4. The fourth-order valence-corrected chi connectivity index (χ4v) is 3.05. The lowest BCUT2D eigenvalue weighted by Gasteiger charge is -2.11. The summed E-state index contributed by atoms with van der Waals surface area (Å²) in [6.45, 7) is 5.47. The smallest absolute Gasteiger partial charge is 0.275 e. The minimum atomic E-state index is -0.303. The van der Waals surface area contributed by atoms with Crippen LogP contribution < -0.4 is 10.9 Å². The maximum Gasteiger partial charge on any atom is 0.275 e. The van der Waals surface area contributed by atoms with Gasteiger partial charge in [-0.25, -0.2) is 15.0 Å². The van der Waals surface area contributed by atoms with Crippen LogP contribution in [0.5, 0.6) is 0 Å². The number of fused-ring (bicyclic) bond motifs is 1. The number of carbonyl (C=O) groups is 1. The summed E-state index contributed by atoms with van der Waals surface area (Å²) in [4.78, 5) is 37.3. The Morgan fingerprint density at radius 3 is 2.50 bits per heavy atom. The summed E-state index contributed by atoms with van der Waals surface area (Å²) in [7, 11) is 0. The highest BCUT2D eigenvalue weighted by atomic mass is 16.1. The molecular weight excluding hydrogens is 378 g/mol. The third kappa shape index (κ3) is 4.00. The Labute approximate surface area is 172 Å². The number of rotatable bonds is 5. The van der Waals surface area contributed by atoms with Crippen LogP contribution in [0.1, 0.15) is 17.0 Å². The first kappa shape index (κ1) is 19.2. The molecule has 2 aromatic heterocycles. The van der Waals surface area contributed by atoms with E-state index in [1.807, 2.05) is 31.2 Å². The second-order valence-electron chi connectivity index (χ2n) is 6.83. The molecular formula is C23H19N5O2. The van der Waals surface area contributed by atoms with Gasteiger partial charge in [0.2, 0.25) is 5.91 Å². The van der Waals surface area contributed by atoms with Gasteiger partial charge in [0.15, 0.2) is 5.65 Å². The fourth-order valence-electron chi connectivity index (χ4n) is 3.05. The van der Waals surface area contributed by atoms with Gasteiger partial charge < -0.3 is 5.32 Å². The highest BCUT2D eigenvalue weighted by molar-refractivity contribution is 5.98. The lowest BCUT2D eigenvalue weighted by molar-refractivity contribution is -0.111. The maximum atomic E-state index is 12.6. The summed E-state index contributed by atoms with van der Waals surface area (Å²) in [6, 6.07) is 15.1. The van der Waals surface area contributed by atoms with Crippen molar-refractivity contribution in [1.82, 2.24) is 19.5 Å². The molecule has 0 unspecified atom stereocenters. The van der Waals surface area contributed by atoms with E-state index in [1.54, 1.807) is 30.5 Å². The minimum absolute atomic E-state index is 0.301. The molecule has 0 atom stereocenters. The van der Waals surface area contributed by atoms with E-state index in [0.29, 0.717) is 34.8 Å². The van der Waals surface area contributed by atoms with Crippen LogP contribution in [0, 0.1) is 6.92 Å². The molecule has 0 fully saturated rings. The molecule has 4 rings (SSSR count). The number of anilines is 1. The summed E-state index contributed by atoms with van der Waals surface area (Å²) in [5, 5.41) is 2.68. The average molecular weight is 397 g/mol. The summed E-state index contributed by atoms with van der Waals surface area (Å²) < 4.78 is 1.49. The average Bonchev–Trinajstić information content (AvgIpc) is 2.76. The van der Waals surface area contributed by atoms with Gasteiger partial charge in [0.05, 0.1) is 18.1 Å². The second kappa shape index (κ2) is 8.08.